The molecule has 2 saturated heterocycles. The third-order valence-electron chi connectivity index (χ3n) is 7.36. The molecule has 2 heterocycles. The van der Waals surface area contributed by atoms with Gasteiger partial charge in [-0.15, -0.1) is 0 Å². The lowest BCUT2D eigenvalue weighted by Gasteiger charge is -2.57. The Morgan fingerprint density at radius 3 is 2.29 bits per heavy atom. The van der Waals surface area contributed by atoms with E-state index >= 15 is 0 Å². The topological polar surface area (TPSA) is 60.9 Å². The lowest BCUT2D eigenvalue weighted by atomic mass is 9.74. The van der Waals surface area contributed by atoms with Gasteiger partial charge in [0.05, 0.1) is 11.5 Å². The fourth-order valence-electron chi connectivity index (χ4n) is 5.58. The third-order valence-corrected chi connectivity index (χ3v) is 9.22. The molecule has 0 aliphatic carbocycles. The van der Waals surface area contributed by atoms with Crippen LogP contribution in [0.25, 0.3) is 11.1 Å². The molecule has 3 aromatic carbocycles. The Hall–Kier alpha value is -2.51. The van der Waals surface area contributed by atoms with Crippen LogP contribution in [0.2, 0.25) is 0 Å². The molecule has 6 heteroatoms. The monoisotopic (exact) mass is 476 g/mol. The van der Waals surface area contributed by atoms with Crippen LogP contribution in [0.3, 0.4) is 0 Å². The van der Waals surface area contributed by atoms with Crippen LogP contribution in [0.5, 0.6) is 0 Å². The summed E-state index contributed by atoms with van der Waals surface area (Å²) in [6.45, 7) is 3.86. The largest absolute Gasteiger partial charge is 0.395 e. The number of hydrogen-bond donors (Lipinski definition) is 1. The lowest BCUT2D eigenvalue weighted by Crippen LogP contribution is -2.67. The second-order valence-electron chi connectivity index (χ2n) is 9.46. The summed E-state index contributed by atoms with van der Waals surface area (Å²) in [4.78, 5) is 2.68. The second-order valence-corrected chi connectivity index (χ2v) is 11.4. The van der Waals surface area contributed by atoms with Crippen LogP contribution in [0.15, 0.2) is 83.8 Å². The van der Waals surface area contributed by atoms with Gasteiger partial charge in [-0.2, -0.15) is 4.31 Å². The first-order valence-corrected chi connectivity index (χ1v) is 13.5. The van der Waals surface area contributed by atoms with Gasteiger partial charge in [0, 0.05) is 31.1 Å². The molecule has 0 radical (unpaired) electrons. The Bertz CT molecular complexity index is 1230. The van der Waals surface area contributed by atoms with Gasteiger partial charge in [0.15, 0.2) is 0 Å². The van der Waals surface area contributed by atoms with Crippen molar-refractivity contribution in [3.63, 3.8) is 0 Å². The zero-order valence-electron chi connectivity index (χ0n) is 19.5. The molecule has 0 spiro atoms. The molecule has 5 nitrogen and oxygen atoms in total. The molecule has 2 aliphatic heterocycles. The number of aliphatic hydroxyl groups excluding tert-OH is 1. The number of sulfonamides is 1. The first kappa shape index (κ1) is 23.2. The van der Waals surface area contributed by atoms with Gasteiger partial charge in [0.1, 0.15) is 0 Å². The lowest BCUT2D eigenvalue weighted by molar-refractivity contribution is -0.0553. The molecule has 0 aromatic heterocycles. The summed E-state index contributed by atoms with van der Waals surface area (Å²) in [5.41, 5.74) is 4.43. The standard InChI is InChI=1S/C28H32N2O3S/c1-21-8-7-11-25(18-21)34(32,33)29-16-5-6-17-30-26(19-29)28(27(30)20-31)24-14-12-23(13-15-24)22-9-3-2-4-10-22/h2-4,7-15,18,26-28,31H,5-6,16-17,19-20H2,1H3/t26-,27+,28-/m0/s1. The summed E-state index contributed by atoms with van der Waals surface area (Å²) < 4.78 is 28.7. The molecule has 3 atom stereocenters. The van der Waals surface area contributed by atoms with E-state index < -0.39 is 10.0 Å². The molecule has 178 valence electrons. The van der Waals surface area contributed by atoms with E-state index in [0.29, 0.717) is 18.0 Å². The summed E-state index contributed by atoms with van der Waals surface area (Å²) >= 11 is 0. The maximum Gasteiger partial charge on any atom is 0.243 e. The fourth-order valence-corrected chi connectivity index (χ4v) is 7.18. The molecule has 5 rings (SSSR count). The molecule has 3 aromatic rings. The van der Waals surface area contributed by atoms with E-state index in [-0.39, 0.29) is 24.6 Å². The van der Waals surface area contributed by atoms with Crippen molar-refractivity contribution in [1.82, 2.24) is 9.21 Å². The number of aryl methyl sites for hydroxylation is 1. The number of nitrogens with zero attached hydrogens (tertiary/aromatic N) is 2. The number of aliphatic hydroxyl groups is 1. The summed E-state index contributed by atoms with van der Waals surface area (Å²) in [6, 6.07) is 26.1. The van der Waals surface area contributed by atoms with Gasteiger partial charge >= 0.3 is 0 Å². The number of hydrogen-bond acceptors (Lipinski definition) is 4. The fraction of sp³-hybridized carbons (Fsp3) is 0.357. The Kier molecular flexibility index (Phi) is 6.58. The van der Waals surface area contributed by atoms with Crippen LogP contribution in [-0.4, -0.2) is 61.1 Å². The summed E-state index contributed by atoms with van der Waals surface area (Å²) in [5, 5.41) is 10.2. The quantitative estimate of drug-likeness (QED) is 0.597. The minimum atomic E-state index is -3.57. The van der Waals surface area contributed by atoms with Crippen molar-refractivity contribution in [2.45, 2.75) is 42.7 Å². The van der Waals surface area contributed by atoms with Crippen LogP contribution in [0.1, 0.15) is 29.9 Å². The second kappa shape index (κ2) is 9.62. The van der Waals surface area contributed by atoms with Crippen molar-refractivity contribution < 1.29 is 13.5 Å². The van der Waals surface area contributed by atoms with E-state index in [4.69, 9.17) is 0 Å². The van der Waals surface area contributed by atoms with E-state index in [1.54, 1.807) is 22.5 Å². The smallest absolute Gasteiger partial charge is 0.243 e. The van der Waals surface area contributed by atoms with E-state index in [1.165, 1.54) is 5.56 Å². The normalized spacial score (nSPS) is 24.0. The minimum absolute atomic E-state index is 0.0224. The highest BCUT2D eigenvalue weighted by Crippen LogP contribution is 2.43. The van der Waals surface area contributed by atoms with Crippen LogP contribution in [-0.2, 0) is 10.0 Å². The molecule has 0 bridgehead atoms. The van der Waals surface area contributed by atoms with E-state index in [9.17, 15) is 13.5 Å². The molecule has 2 fully saturated rings. The first-order valence-electron chi connectivity index (χ1n) is 12.1. The molecule has 0 amide bonds. The van der Waals surface area contributed by atoms with Gasteiger partial charge in [0.2, 0.25) is 10.0 Å². The van der Waals surface area contributed by atoms with Crippen molar-refractivity contribution in [2.24, 2.45) is 0 Å². The van der Waals surface area contributed by atoms with Crippen LogP contribution in [0, 0.1) is 6.92 Å². The highest BCUT2D eigenvalue weighted by Gasteiger charge is 2.50. The Labute approximate surface area is 202 Å². The van der Waals surface area contributed by atoms with Gasteiger partial charge in [0.25, 0.3) is 0 Å². The number of fused-ring (bicyclic) bond motifs is 1. The van der Waals surface area contributed by atoms with Crippen molar-refractivity contribution >= 4 is 10.0 Å². The average Bonchev–Trinajstić information content (AvgIpc) is 2.84. The SMILES string of the molecule is Cc1cccc(S(=O)(=O)N2CCCCN3[C@H](CO)[C@@H](c4ccc(-c5ccccc5)cc4)[C@@H]3C2)c1. The zero-order valence-corrected chi connectivity index (χ0v) is 20.4. The summed E-state index contributed by atoms with van der Waals surface area (Å²) in [5.74, 6) is 0.100. The predicted octanol–water partition coefficient (Wildman–Crippen LogP) is 4.28. The van der Waals surface area contributed by atoms with Crippen molar-refractivity contribution in [3.05, 3.63) is 90.0 Å². The minimum Gasteiger partial charge on any atom is -0.395 e. The third kappa shape index (κ3) is 4.31. The molecule has 34 heavy (non-hydrogen) atoms. The zero-order chi connectivity index (χ0) is 23.7. The Morgan fingerprint density at radius 1 is 0.882 bits per heavy atom. The number of benzene rings is 3. The maximum atomic E-state index is 13.5. The molecular weight excluding hydrogens is 444 g/mol. The maximum absolute atomic E-state index is 13.5. The highest BCUT2D eigenvalue weighted by atomic mass is 32.2. The van der Waals surface area contributed by atoms with Gasteiger partial charge in [-0.1, -0.05) is 66.7 Å². The van der Waals surface area contributed by atoms with E-state index in [1.807, 2.05) is 31.2 Å². The average molecular weight is 477 g/mol. The molecule has 1 N–H and O–H groups in total. The van der Waals surface area contributed by atoms with E-state index in [2.05, 4.69) is 41.3 Å². The van der Waals surface area contributed by atoms with Crippen molar-refractivity contribution in [1.29, 1.82) is 0 Å². The number of rotatable bonds is 5. The first-order chi connectivity index (χ1) is 16.5. The molecule has 2 aliphatic rings. The highest BCUT2D eigenvalue weighted by molar-refractivity contribution is 7.89. The van der Waals surface area contributed by atoms with Gasteiger partial charge < -0.3 is 5.11 Å². The Morgan fingerprint density at radius 2 is 1.59 bits per heavy atom. The van der Waals surface area contributed by atoms with Gasteiger partial charge in [-0.05, 0) is 60.7 Å². The van der Waals surface area contributed by atoms with Crippen molar-refractivity contribution in [3.8, 4) is 11.1 Å². The summed E-state index contributed by atoms with van der Waals surface area (Å²) in [7, 11) is -3.57. The van der Waals surface area contributed by atoms with Gasteiger partial charge in [-0.25, -0.2) is 8.42 Å². The summed E-state index contributed by atoms with van der Waals surface area (Å²) in [6.07, 6.45) is 1.75. The molecule has 0 unspecified atom stereocenters. The molecule has 0 saturated carbocycles. The van der Waals surface area contributed by atoms with Crippen LogP contribution in [0.4, 0.5) is 0 Å². The van der Waals surface area contributed by atoms with Crippen molar-refractivity contribution in [2.75, 3.05) is 26.2 Å². The molecular formula is C28H32N2O3S. The Balaban J connectivity index is 1.43. The van der Waals surface area contributed by atoms with Crippen LogP contribution >= 0.6 is 0 Å². The predicted molar refractivity (Wildman–Crippen MR) is 135 cm³/mol. The van der Waals surface area contributed by atoms with Gasteiger partial charge in [-0.3, -0.25) is 4.90 Å². The van der Waals surface area contributed by atoms with E-state index in [0.717, 1.165) is 36.1 Å². The van der Waals surface area contributed by atoms with Crippen LogP contribution < -0.4 is 0 Å².